The van der Waals surface area contributed by atoms with Crippen LogP contribution in [-0.2, 0) is 39.8 Å². The zero-order chi connectivity index (χ0) is 9.85. The van der Waals surface area contributed by atoms with Crippen molar-refractivity contribution in [2.24, 2.45) is 22.7 Å². The molecule has 0 N–H and O–H groups in total. The van der Waals surface area contributed by atoms with Crippen molar-refractivity contribution in [2.45, 2.75) is 40.0 Å². The Bertz CT molecular complexity index is 262. The van der Waals surface area contributed by atoms with Crippen LogP contribution < -0.4 is 0 Å². The van der Waals surface area contributed by atoms with E-state index in [9.17, 15) is 4.79 Å². The van der Waals surface area contributed by atoms with E-state index >= 15 is 0 Å². The molecule has 0 aromatic rings. The van der Waals surface area contributed by atoms with Gasteiger partial charge in [0.25, 0.3) is 0 Å². The summed E-state index contributed by atoms with van der Waals surface area (Å²) in [6, 6.07) is 0. The van der Waals surface area contributed by atoms with Gasteiger partial charge in [0, 0.05) is 10.5 Å². The van der Waals surface area contributed by atoms with Crippen molar-refractivity contribution in [1.82, 2.24) is 0 Å². The van der Waals surface area contributed by atoms with Crippen molar-refractivity contribution >= 4 is 17.7 Å². The topological polar surface area (TPSA) is 17.1 Å². The Morgan fingerprint density at radius 3 is 2.21 bits per heavy atom. The first-order valence-corrected chi connectivity index (χ1v) is 5.51. The molecule has 3 unspecified atom stereocenters. The maximum absolute atomic E-state index is 11.5. The van der Waals surface area contributed by atoms with Crippen LogP contribution in [-0.4, -0.2) is 5.12 Å². The minimum absolute atomic E-state index is 0. The van der Waals surface area contributed by atoms with Gasteiger partial charge in [-0.3, -0.25) is 0 Å². The van der Waals surface area contributed by atoms with Crippen molar-refractivity contribution in [2.75, 3.05) is 0 Å². The fourth-order valence-corrected chi connectivity index (χ4v) is 3.72. The summed E-state index contributed by atoms with van der Waals surface area (Å²) in [6.45, 7) is 6.66. The molecule has 0 heterocycles. The molecule has 0 amide bonds. The number of hydrogen-bond acceptors (Lipinski definition) is 2. The molecule has 3 atom stereocenters. The number of carbonyl (C=O) groups excluding carboxylic acids is 1. The van der Waals surface area contributed by atoms with Gasteiger partial charge < -0.3 is 17.4 Å². The van der Waals surface area contributed by atoms with Crippen LogP contribution in [0.2, 0.25) is 0 Å². The molecule has 0 spiro atoms. The van der Waals surface area contributed by atoms with Gasteiger partial charge >= 0.3 is 22.4 Å². The number of fused-ring (bicyclic) bond motifs is 2. The van der Waals surface area contributed by atoms with Gasteiger partial charge in [-0.2, -0.15) is 0 Å². The average molecular weight is 394 g/mol. The van der Waals surface area contributed by atoms with E-state index in [1.807, 2.05) is 0 Å². The van der Waals surface area contributed by atoms with E-state index in [1.54, 1.807) is 0 Å². The van der Waals surface area contributed by atoms with Crippen molar-refractivity contribution in [3.8, 4) is 0 Å². The number of carbonyl (C=O) groups is 1. The Balaban J connectivity index is 0.000000980. The van der Waals surface area contributed by atoms with Gasteiger partial charge in [0.15, 0.2) is 0 Å². The smallest absolute Gasteiger partial charge is 0.741 e. The van der Waals surface area contributed by atoms with Gasteiger partial charge in [0.1, 0.15) is 0 Å². The van der Waals surface area contributed by atoms with Gasteiger partial charge in [0.2, 0.25) is 0 Å². The summed E-state index contributed by atoms with van der Waals surface area (Å²) in [6.07, 6.45) is 3.45. The molecule has 0 aromatic heterocycles. The maximum Gasteiger partial charge on any atom is 1.00 e. The first-order valence-electron chi connectivity index (χ1n) is 5.10. The minimum atomic E-state index is -0.187. The van der Waals surface area contributed by atoms with Crippen LogP contribution in [0.3, 0.4) is 0 Å². The van der Waals surface area contributed by atoms with Crippen molar-refractivity contribution in [3.05, 3.63) is 0 Å². The van der Waals surface area contributed by atoms with Gasteiger partial charge in [-0.15, -0.1) is 0 Å². The van der Waals surface area contributed by atoms with E-state index in [0.29, 0.717) is 11.3 Å². The fraction of sp³-hybridized carbons (Fsp3) is 0.909. The molecule has 3 aliphatic carbocycles. The second-order valence-electron chi connectivity index (χ2n) is 5.55. The van der Waals surface area contributed by atoms with Gasteiger partial charge in [-0.25, -0.2) is 0 Å². The van der Waals surface area contributed by atoms with E-state index in [-0.39, 0.29) is 32.9 Å². The van der Waals surface area contributed by atoms with Gasteiger partial charge in [-0.1, -0.05) is 20.8 Å². The van der Waals surface area contributed by atoms with Gasteiger partial charge in [-0.05, 0) is 36.5 Å². The molecular weight excluding hydrogens is 377 g/mol. The third kappa shape index (κ3) is 1.42. The zero-order valence-electron chi connectivity index (χ0n) is 8.89. The Labute approximate surface area is 107 Å². The van der Waals surface area contributed by atoms with Crippen LogP contribution >= 0.6 is 0 Å². The van der Waals surface area contributed by atoms with Crippen LogP contribution in [0.15, 0.2) is 0 Å². The van der Waals surface area contributed by atoms with Crippen molar-refractivity contribution in [1.29, 1.82) is 0 Å². The maximum atomic E-state index is 11.5. The molecule has 2 bridgehead atoms. The molecular formula is C11H17AuOS. The molecule has 0 radical (unpaired) electrons. The van der Waals surface area contributed by atoms with E-state index in [1.165, 1.54) is 12.8 Å². The molecule has 0 aliphatic heterocycles. The van der Waals surface area contributed by atoms with E-state index in [4.69, 9.17) is 12.6 Å². The summed E-state index contributed by atoms with van der Waals surface area (Å²) in [7, 11) is 0. The second-order valence-corrected chi connectivity index (χ2v) is 5.92. The monoisotopic (exact) mass is 394 g/mol. The van der Waals surface area contributed by atoms with Crippen LogP contribution in [0.5, 0.6) is 0 Å². The third-order valence-electron chi connectivity index (χ3n) is 4.72. The van der Waals surface area contributed by atoms with Crippen molar-refractivity contribution < 1.29 is 27.2 Å². The zero-order valence-corrected chi connectivity index (χ0v) is 11.9. The predicted octanol–water partition coefficient (Wildman–Crippen LogP) is 2.52. The summed E-state index contributed by atoms with van der Waals surface area (Å²) in [4.78, 5) is 11.5. The first kappa shape index (κ1) is 12.7. The Morgan fingerprint density at radius 1 is 1.36 bits per heavy atom. The molecule has 84 valence electrons. The molecule has 1 nitrogen and oxygen atoms in total. The molecule has 14 heavy (non-hydrogen) atoms. The fourth-order valence-electron chi connectivity index (χ4n) is 3.48. The molecule has 0 aromatic carbocycles. The Hall–Kier alpha value is 0.630. The molecule has 3 rings (SSSR count). The first-order chi connectivity index (χ1) is 5.89. The summed E-state index contributed by atoms with van der Waals surface area (Å²) in [5.74, 6) is 1.39. The quantitative estimate of drug-likeness (QED) is 0.502. The van der Waals surface area contributed by atoms with E-state index in [0.717, 1.165) is 12.3 Å². The third-order valence-corrected chi connectivity index (χ3v) is 5.18. The van der Waals surface area contributed by atoms with Crippen molar-refractivity contribution in [3.63, 3.8) is 0 Å². The molecule has 3 fully saturated rings. The minimum Gasteiger partial charge on any atom is -0.741 e. The van der Waals surface area contributed by atoms with E-state index in [2.05, 4.69) is 20.8 Å². The SMILES string of the molecule is CC1(C(=O)[S-])CCC2CC1C2(C)C.[Au+]. The van der Waals surface area contributed by atoms with Crippen LogP contribution in [0.4, 0.5) is 0 Å². The summed E-state index contributed by atoms with van der Waals surface area (Å²) in [5, 5.41) is -0.0104. The molecule has 3 saturated carbocycles. The summed E-state index contributed by atoms with van der Waals surface area (Å²) in [5.41, 5.74) is 0.176. The number of rotatable bonds is 1. The molecule has 3 heteroatoms. The predicted molar refractivity (Wildman–Crippen MR) is 55.1 cm³/mol. The largest absolute Gasteiger partial charge is 1.00 e. The van der Waals surface area contributed by atoms with E-state index < -0.39 is 0 Å². The summed E-state index contributed by atoms with van der Waals surface area (Å²) < 4.78 is 0. The summed E-state index contributed by atoms with van der Waals surface area (Å²) >= 11 is 4.88. The molecule has 0 saturated heterocycles. The van der Waals surface area contributed by atoms with Gasteiger partial charge in [0.05, 0.1) is 0 Å². The second kappa shape index (κ2) is 3.58. The normalized spacial score (nSPS) is 43.4. The Morgan fingerprint density at radius 2 is 1.93 bits per heavy atom. The van der Waals surface area contributed by atoms with Crippen LogP contribution in [0.25, 0.3) is 0 Å². The Kier molecular flexibility index (Phi) is 3.25. The molecule has 3 aliphatic rings. The van der Waals surface area contributed by atoms with Crippen LogP contribution in [0.1, 0.15) is 40.0 Å². The number of hydrogen-bond donors (Lipinski definition) is 0. The average Bonchev–Trinajstić information content (AvgIpc) is 2.03. The standard InChI is InChI=1S/C11H18OS.Au/c1-10(2)7-4-5-11(3,9(12)13)8(10)6-7;/h7-8H,4-6H2,1-3H3,(H,12,13);/q;+1/p-1. The van der Waals surface area contributed by atoms with Crippen LogP contribution in [0, 0.1) is 22.7 Å².